The number of ether oxygens (including phenoxy) is 1. The third-order valence-electron chi connectivity index (χ3n) is 8.36. The molecule has 0 N–H and O–H groups in total. The highest BCUT2D eigenvalue weighted by molar-refractivity contribution is 7.93. The average Bonchev–Trinajstić information content (AvgIpc) is 3.33. The molecule has 0 saturated carbocycles. The van der Waals surface area contributed by atoms with Gasteiger partial charge in [0.25, 0.3) is 15.9 Å². The summed E-state index contributed by atoms with van der Waals surface area (Å²) < 4.78 is 75.7. The fourth-order valence-electron chi connectivity index (χ4n) is 6.31. The number of benzene rings is 3. The van der Waals surface area contributed by atoms with Gasteiger partial charge in [-0.1, -0.05) is 29.8 Å². The molecule has 14 heteroatoms. The van der Waals surface area contributed by atoms with E-state index in [-0.39, 0.29) is 23.4 Å². The lowest BCUT2D eigenvalue weighted by Gasteiger charge is -2.46. The van der Waals surface area contributed by atoms with Gasteiger partial charge in [0.05, 0.1) is 34.5 Å². The van der Waals surface area contributed by atoms with Crippen molar-refractivity contribution in [2.24, 2.45) is 0 Å². The van der Waals surface area contributed by atoms with E-state index >= 15 is 4.79 Å². The first-order chi connectivity index (χ1) is 22.4. The normalized spacial score (nSPS) is 18.6. The van der Waals surface area contributed by atoms with E-state index in [0.717, 1.165) is 11.8 Å². The number of pyridine rings is 1. The van der Waals surface area contributed by atoms with Crippen molar-refractivity contribution in [3.8, 4) is 11.8 Å². The number of nitrogens with zero attached hydrogens (tertiary/aromatic N) is 5. The summed E-state index contributed by atoms with van der Waals surface area (Å²) in [7, 11) is -4.89. The largest absolute Gasteiger partial charge is 0.493 e. The van der Waals surface area contributed by atoms with Crippen molar-refractivity contribution >= 4 is 38.9 Å². The number of aromatic nitrogens is 1. The van der Waals surface area contributed by atoms with Gasteiger partial charge in [-0.3, -0.25) is 14.7 Å². The van der Waals surface area contributed by atoms with Crippen LogP contribution in [-0.2, 0) is 26.5 Å². The van der Waals surface area contributed by atoms with E-state index in [1.165, 1.54) is 18.2 Å². The molecule has 2 aliphatic heterocycles. The topological polar surface area (TPSA) is 107 Å². The number of nitriles is 1. The molecule has 3 aromatic carbocycles. The molecule has 242 valence electrons. The second-order valence-electron chi connectivity index (χ2n) is 10.9. The van der Waals surface area contributed by atoms with Crippen LogP contribution in [0.5, 0.6) is 5.75 Å². The number of carbonyl (C=O) groups excluding carboxylic acids is 1. The maximum Gasteiger partial charge on any atom is 0.416 e. The maximum atomic E-state index is 15.2. The summed E-state index contributed by atoms with van der Waals surface area (Å²) >= 11 is 6.20. The molecule has 0 spiro atoms. The molecule has 2 aliphatic rings. The Labute approximate surface area is 274 Å². The van der Waals surface area contributed by atoms with Crippen molar-refractivity contribution in [1.82, 2.24) is 9.88 Å². The first-order valence-corrected chi connectivity index (χ1v) is 16.4. The second-order valence-corrected chi connectivity index (χ2v) is 13.0. The van der Waals surface area contributed by atoms with Crippen molar-refractivity contribution in [1.29, 1.82) is 5.26 Å². The number of piperazine rings is 1. The first-order valence-electron chi connectivity index (χ1n) is 14.6. The minimum Gasteiger partial charge on any atom is -0.493 e. The number of hydrogen-bond donors (Lipinski definition) is 0. The lowest BCUT2D eigenvalue weighted by molar-refractivity contribution is -0.137. The summed E-state index contributed by atoms with van der Waals surface area (Å²) in [5.74, 6) is -0.567. The van der Waals surface area contributed by atoms with Crippen LogP contribution in [0.15, 0.2) is 90.1 Å². The Kier molecular flexibility index (Phi) is 8.38. The van der Waals surface area contributed by atoms with E-state index in [1.54, 1.807) is 43.6 Å². The van der Waals surface area contributed by atoms with Crippen molar-refractivity contribution in [2.45, 2.75) is 23.5 Å². The highest BCUT2D eigenvalue weighted by Gasteiger charge is 2.60. The zero-order valence-electron chi connectivity index (χ0n) is 24.9. The Bertz CT molecular complexity index is 2000. The second kappa shape index (κ2) is 12.2. The van der Waals surface area contributed by atoms with Crippen LogP contribution in [0.2, 0.25) is 5.02 Å². The predicted molar refractivity (Wildman–Crippen MR) is 169 cm³/mol. The number of fused-ring (bicyclic) bond motifs is 1. The Hall–Kier alpha value is -4.64. The summed E-state index contributed by atoms with van der Waals surface area (Å²) in [4.78, 5) is 22.6. The Morgan fingerprint density at radius 2 is 1.68 bits per heavy atom. The Morgan fingerprint density at radius 1 is 0.979 bits per heavy atom. The molecule has 1 fully saturated rings. The zero-order chi connectivity index (χ0) is 33.6. The molecule has 4 aromatic rings. The molecule has 1 unspecified atom stereocenters. The summed E-state index contributed by atoms with van der Waals surface area (Å²) in [5, 5.41) is 9.20. The van der Waals surface area contributed by atoms with Gasteiger partial charge < -0.3 is 9.64 Å². The molecule has 1 amide bonds. The molecule has 1 atom stereocenters. The fourth-order valence-corrected chi connectivity index (χ4v) is 8.29. The van der Waals surface area contributed by atoms with E-state index < -0.39 is 43.1 Å². The van der Waals surface area contributed by atoms with Gasteiger partial charge in [-0.2, -0.15) is 18.4 Å². The third-order valence-corrected chi connectivity index (χ3v) is 10.5. The van der Waals surface area contributed by atoms with Crippen LogP contribution in [0.3, 0.4) is 0 Å². The third kappa shape index (κ3) is 5.36. The molecular weight excluding hydrogens is 655 g/mol. The van der Waals surface area contributed by atoms with Crippen molar-refractivity contribution in [3.63, 3.8) is 0 Å². The molecule has 6 rings (SSSR count). The molecule has 47 heavy (non-hydrogen) atoms. The summed E-state index contributed by atoms with van der Waals surface area (Å²) in [6, 6.07) is 18.7. The highest BCUT2D eigenvalue weighted by atomic mass is 35.5. The number of halogens is 4. The Balaban J connectivity index is 1.57. The van der Waals surface area contributed by atoms with Crippen LogP contribution in [0.25, 0.3) is 0 Å². The average molecular weight is 682 g/mol. The van der Waals surface area contributed by atoms with Crippen molar-refractivity contribution in [2.75, 3.05) is 42.0 Å². The summed E-state index contributed by atoms with van der Waals surface area (Å²) in [5.41, 5.74) is -1.31. The van der Waals surface area contributed by atoms with Gasteiger partial charge in [0, 0.05) is 55.4 Å². The molecule has 0 aliphatic carbocycles. The zero-order valence-corrected chi connectivity index (χ0v) is 26.5. The van der Waals surface area contributed by atoms with E-state index in [4.69, 9.17) is 16.3 Å². The molecule has 1 saturated heterocycles. The Morgan fingerprint density at radius 3 is 2.32 bits per heavy atom. The molecule has 0 radical (unpaired) electrons. The van der Waals surface area contributed by atoms with Gasteiger partial charge in [0.2, 0.25) is 0 Å². The number of para-hydroxylation sites is 1. The molecular formula is C33H27ClF3N5O4S. The number of hydrogen-bond acceptors (Lipinski definition) is 8. The maximum absolute atomic E-state index is 15.2. The summed E-state index contributed by atoms with van der Waals surface area (Å²) in [6.45, 7) is 3.52. The monoisotopic (exact) mass is 681 g/mol. The fraction of sp³-hybridized carbons (Fsp3) is 0.242. The molecule has 9 nitrogen and oxygen atoms in total. The van der Waals surface area contributed by atoms with Crippen LogP contribution in [-0.4, -0.2) is 57.0 Å². The quantitative estimate of drug-likeness (QED) is 0.240. The number of anilines is 2. The highest BCUT2D eigenvalue weighted by Crippen LogP contribution is 2.53. The lowest BCUT2D eigenvalue weighted by atomic mass is 9.80. The van der Waals surface area contributed by atoms with Crippen LogP contribution >= 0.6 is 11.6 Å². The number of carbonyl (C=O) groups is 1. The lowest BCUT2D eigenvalue weighted by Crippen LogP contribution is -2.60. The van der Waals surface area contributed by atoms with Crippen LogP contribution in [0.4, 0.5) is 24.5 Å². The van der Waals surface area contributed by atoms with Gasteiger partial charge in [0.15, 0.2) is 5.54 Å². The minimum absolute atomic E-state index is 0.0483. The van der Waals surface area contributed by atoms with Gasteiger partial charge in [-0.05, 0) is 61.5 Å². The first kappa shape index (κ1) is 32.3. The molecule has 1 aromatic heterocycles. The van der Waals surface area contributed by atoms with Crippen LogP contribution in [0.1, 0.15) is 29.2 Å². The number of rotatable bonds is 7. The minimum atomic E-state index is -4.89. The molecule has 3 heterocycles. The van der Waals surface area contributed by atoms with Gasteiger partial charge >= 0.3 is 6.18 Å². The van der Waals surface area contributed by atoms with Crippen LogP contribution in [0, 0.1) is 11.3 Å². The number of sulfonamides is 1. The van der Waals surface area contributed by atoms with E-state index in [0.29, 0.717) is 53.9 Å². The van der Waals surface area contributed by atoms with Crippen LogP contribution < -0.4 is 13.9 Å². The van der Waals surface area contributed by atoms with E-state index in [9.17, 15) is 26.9 Å². The summed E-state index contributed by atoms with van der Waals surface area (Å²) in [6.07, 6.45) is -1.42. The number of alkyl halides is 3. The standard InChI is InChI=1S/C33H27ClF3N5O4S/c1-2-46-29-6-4-3-5-25(29)32(41-17-15-40(16-18-41)24-11-13-39-14-12-24)26-19-22(21-38)7-9-28(26)42(31(32)43)47(44,45)30-10-8-23(20-27(30)34)33(35,36)37/h3-14,19-20H,2,15-18H2,1H3. The van der Waals surface area contributed by atoms with Gasteiger partial charge in [-0.15, -0.1) is 0 Å². The van der Waals surface area contributed by atoms with Gasteiger partial charge in [0.1, 0.15) is 10.6 Å². The SMILES string of the molecule is CCOc1ccccc1C1(N2CCN(c3ccncc3)CC2)C(=O)N(S(=O)(=O)c2ccc(C(F)(F)F)cc2Cl)c2ccc(C#N)cc21. The number of amides is 1. The van der Waals surface area contributed by atoms with Gasteiger partial charge in [-0.25, -0.2) is 12.7 Å². The predicted octanol–water partition coefficient (Wildman–Crippen LogP) is 5.83. The van der Waals surface area contributed by atoms with E-state index in [2.05, 4.69) is 16.0 Å². The van der Waals surface area contributed by atoms with Crippen molar-refractivity contribution < 1.29 is 31.1 Å². The van der Waals surface area contributed by atoms with E-state index in [1.807, 2.05) is 17.0 Å². The smallest absolute Gasteiger partial charge is 0.416 e. The molecule has 0 bridgehead atoms. The van der Waals surface area contributed by atoms with Crippen molar-refractivity contribution in [3.05, 3.63) is 112 Å².